The first-order valence-electron chi connectivity index (χ1n) is 9.10. The van der Waals surface area contributed by atoms with Gasteiger partial charge in [0.05, 0.1) is 24.5 Å². The van der Waals surface area contributed by atoms with E-state index in [1.807, 2.05) is 12.1 Å². The number of unbranched alkanes of at least 4 members (excludes halogenated alkanes) is 1. The first-order chi connectivity index (χ1) is 13.1. The zero-order valence-corrected chi connectivity index (χ0v) is 15.1. The maximum absolute atomic E-state index is 11.8. The van der Waals surface area contributed by atoms with E-state index in [1.165, 1.54) is 16.8 Å². The minimum Gasteiger partial charge on any atom is -0.492 e. The normalized spacial score (nSPS) is 16.4. The molecule has 1 aliphatic rings. The molecule has 0 amide bonds. The lowest BCUT2D eigenvalue weighted by molar-refractivity contribution is -0.137. The lowest BCUT2D eigenvalue weighted by Crippen LogP contribution is -2.25. The van der Waals surface area contributed by atoms with Gasteiger partial charge in [-0.3, -0.25) is 20.0 Å². The third-order valence-electron chi connectivity index (χ3n) is 4.45. The number of hydrogen-bond donors (Lipinski definition) is 3. The lowest BCUT2D eigenvalue weighted by atomic mass is 10.1. The van der Waals surface area contributed by atoms with Crippen LogP contribution >= 0.6 is 0 Å². The standard InChI is InChI=1S/C19H24N4O4/c24-18-11-14(7-9-23(18)13-19(25)26)3-1-2-10-27-15-4-5-16(20-12-15)17-6-8-21-22-17/h4-5,7,9,11-12,17,21-22H,1-3,6,8,10,13H2,(H,25,26). The maximum Gasteiger partial charge on any atom is 0.323 e. The van der Waals surface area contributed by atoms with Gasteiger partial charge in [0.25, 0.3) is 5.56 Å². The molecule has 144 valence electrons. The van der Waals surface area contributed by atoms with Crippen LogP contribution in [0.3, 0.4) is 0 Å². The summed E-state index contributed by atoms with van der Waals surface area (Å²) >= 11 is 0. The van der Waals surface area contributed by atoms with Gasteiger partial charge in [0, 0.05) is 18.8 Å². The Kier molecular flexibility index (Phi) is 6.56. The summed E-state index contributed by atoms with van der Waals surface area (Å²) in [4.78, 5) is 26.9. The summed E-state index contributed by atoms with van der Waals surface area (Å²) in [5, 5.41) is 8.74. The molecule has 1 fully saturated rings. The van der Waals surface area contributed by atoms with Crippen LogP contribution in [0.25, 0.3) is 0 Å². The first-order valence-corrected chi connectivity index (χ1v) is 9.10. The van der Waals surface area contributed by atoms with Crippen molar-refractivity contribution in [1.82, 2.24) is 20.4 Å². The molecule has 8 nitrogen and oxygen atoms in total. The molecule has 0 aromatic carbocycles. The number of carbonyl (C=O) groups is 1. The number of rotatable bonds is 9. The smallest absolute Gasteiger partial charge is 0.323 e. The number of aromatic nitrogens is 2. The number of carboxylic acid groups (broad SMARTS) is 1. The van der Waals surface area contributed by atoms with Crippen molar-refractivity contribution in [2.75, 3.05) is 13.2 Å². The third kappa shape index (κ3) is 5.63. The Morgan fingerprint density at radius 1 is 1.33 bits per heavy atom. The maximum atomic E-state index is 11.8. The number of pyridine rings is 2. The molecule has 0 bridgehead atoms. The second kappa shape index (κ2) is 9.29. The average molecular weight is 372 g/mol. The van der Waals surface area contributed by atoms with Gasteiger partial charge in [0.1, 0.15) is 12.3 Å². The van der Waals surface area contributed by atoms with Gasteiger partial charge in [0.2, 0.25) is 0 Å². The van der Waals surface area contributed by atoms with Crippen LogP contribution in [0.1, 0.15) is 36.6 Å². The van der Waals surface area contributed by atoms with E-state index in [0.717, 1.165) is 49.2 Å². The molecule has 0 aliphatic carbocycles. The Hall–Kier alpha value is -2.71. The number of nitrogens with one attached hydrogen (secondary N) is 2. The van der Waals surface area contributed by atoms with E-state index in [9.17, 15) is 9.59 Å². The van der Waals surface area contributed by atoms with Crippen molar-refractivity contribution in [1.29, 1.82) is 0 Å². The number of hydrogen-bond acceptors (Lipinski definition) is 6. The molecule has 0 saturated carbocycles. The highest BCUT2D eigenvalue weighted by Crippen LogP contribution is 2.19. The predicted molar refractivity (Wildman–Crippen MR) is 99.5 cm³/mol. The van der Waals surface area contributed by atoms with Crippen LogP contribution in [0.4, 0.5) is 0 Å². The number of aryl methyl sites for hydroxylation is 1. The summed E-state index contributed by atoms with van der Waals surface area (Å²) in [5.41, 5.74) is 7.90. The molecule has 3 N–H and O–H groups in total. The molecule has 3 rings (SSSR count). The number of nitrogens with zero attached hydrogens (tertiary/aromatic N) is 2. The van der Waals surface area contributed by atoms with Crippen LogP contribution in [-0.2, 0) is 17.8 Å². The van der Waals surface area contributed by atoms with Gasteiger partial charge in [-0.15, -0.1) is 0 Å². The van der Waals surface area contributed by atoms with Crippen LogP contribution < -0.4 is 21.1 Å². The zero-order valence-electron chi connectivity index (χ0n) is 15.1. The molecule has 1 atom stereocenters. The van der Waals surface area contributed by atoms with Crippen molar-refractivity contribution in [2.45, 2.75) is 38.3 Å². The number of ether oxygens (including phenoxy) is 1. The van der Waals surface area contributed by atoms with Crippen molar-refractivity contribution in [2.24, 2.45) is 0 Å². The van der Waals surface area contributed by atoms with E-state index in [1.54, 1.807) is 12.3 Å². The fourth-order valence-corrected chi connectivity index (χ4v) is 2.99. The third-order valence-corrected chi connectivity index (χ3v) is 4.45. The highest BCUT2D eigenvalue weighted by molar-refractivity contribution is 5.66. The Morgan fingerprint density at radius 2 is 2.22 bits per heavy atom. The molecule has 0 radical (unpaired) electrons. The molecule has 0 spiro atoms. The second-order valence-corrected chi connectivity index (χ2v) is 6.53. The second-order valence-electron chi connectivity index (χ2n) is 6.53. The zero-order chi connectivity index (χ0) is 19.1. The van der Waals surface area contributed by atoms with E-state index in [-0.39, 0.29) is 18.1 Å². The largest absolute Gasteiger partial charge is 0.492 e. The lowest BCUT2D eigenvalue weighted by Gasteiger charge is -2.10. The summed E-state index contributed by atoms with van der Waals surface area (Å²) in [7, 11) is 0. The molecule has 1 unspecified atom stereocenters. The fourth-order valence-electron chi connectivity index (χ4n) is 2.99. The predicted octanol–water partition coefficient (Wildman–Crippen LogP) is 1.27. The Labute approximate surface area is 157 Å². The molecule has 1 aliphatic heterocycles. The summed E-state index contributed by atoms with van der Waals surface area (Å²) in [5.74, 6) is -0.276. The molecule has 8 heteroatoms. The Bertz CT molecular complexity index is 813. The highest BCUT2D eigenvalue weighted by atomic mass is 16.5. The van der Waals surface area contributed by atoms with Crippen molar-refractivity contribution in [3.63, 3.8) is 0 Å². The SMILES string of the molecule is O=C(O)Cn1ccc(CCCCOc2ccc(C3CCNN3)nc2)cc1=O. The van der Waals surface area contributed by atoms with Gasteiger partial charge >= 0.3 is 5.97 Å². The number of hydrazine groups is 1. The van der Waals surface area contributed by atoms with Crippen LogP contribution in [0.2, 0.25) is 0 Å². The van der Waals surface area contributed by atoms with Gasteiger partial charge in [-0.1, -0.05) is 0 Å². The Morgan fingerprint density at radius 3 is 2.89 bits per heavy atom. The van der Waals surface area contributed by atoms with Gasteiger partial charge in [-0.05, 0) is 49.4 Å². The van der Waals surface area contributed by atoms with E-state index >= 15 is 0 Å². The summed E-state index contributed by atoms with van der Waals surface area (Å²) in [6.45, 7) is 1.22. The minimum atomic E-state index is -1.03. The monoisotopic (exact) mass is 372 g/mol. The summed E-state index contributed by atoms with van der Waals surface area (Å²) in [6.07, 6.45) is 6.79. The van der Waals surface area contributed by atoms with Gasteiger partial charge < -0.3 is 14.4 Å². The quantitative estimate of drug-likeness (QED) is 0.569. The molecule has 3 heterocycles. The van der Waals surface area contributed by atoms with Crippen molar-refractivity contribution in [3.8, 4) is 5.75 Å². The van der Waals surface area contributed by atoms with Crippen LogP contribution in [0, 0.1) is 0 Å². The molecule has 2 aromatic rings. The van der Waals surface area contributed by atoms with Crippen molar-refractivity contribution < 1.29 is 14.6 Å². The van der Waals surface area contributed by atoms with E-state index < -0.39 is 5.97 Å². The first kappa shape index (κ1) is 19.1. The van der Waals surface area contributed by atoms with Gasteiger partial charge in [-0.25, -0.2) is 5.43 Å². The van der Waals surface area contributed by atoms with Crippen molar-refractivity contribution >= 4 is 5.97 Å². The summed E-state index contributed by atoms with van der Waals surface area (Å²) in [6, 6.07) is 7.46. The molecule has 1 saturated heterocycles. The molecule has 27 heavy (non-hydrogen) atoms. The van der Waals surface area contributed by atoms with Gasteiger partial charge in [0.15, 0.2) is 0 Å². The number of carboxylic acids is 1. The minimum absolute atomic E-state index is 0.255. The van der Waals surface area contributed by atoms with Crippen LogP contribution in [0.5, 0.6) is 5.75 Å². The highest BCUT2D eigenvalue weighted by Gasteiger charge is 2.16. The van der Waals surface area contributed by atoms with Gasteiger partial charge in [-0.2, -0.15) is 0 Å². The van der Waals surface area contributed by atoms with Crippen LogP contribution in [-0.4, -0.2) is 33.8 Å². The fraction of sp³-hybridized carbons (Fsp3) is 0.421. The number of aliphatic carboxylic acids is 1. The van der Waals surface area contributed by atoms with Crippen molar-refractivity contribution in [3.05, 3.63) is 58.3 Å². The van der Waals surface area contributed by atoms with Crippen LogP contribution in [0.15, 0.2) is 41.5 Å². The molecular formula is C19H24N4O4. The molecule has 2 aromatic heterocycles. The topological polar surface area (TPSA) is 105 Å². The summed E-state index contributed by atoms with van der Waals surface area (Å²) < 4.78 is 6.90. The Balaban J connectivity index is 1.38. The van der Waals surface area contributed by atoms with E-state index in [2.05, 4.69) is 15.8 Å². The molecular weight excluding hydrogens is 348 g/mol. The van der Waals surface area contributed by atoms with E-state index in [0.29, 0.717) is 6.61 Å². The average Bonchev–Trinajstić information content (AvgIpc) is 3.18. The van der Waals surface area contributed by atoms with E-state index in [4.69, 9.17) is 9.84 Å².